The van der Waals surface area contributed by atoms with Gasteiger partial charge >= 0.3 is 0 Å². The van der Waals surface area contributed by atoms with Crippen molar-refractivity contribution in [1.82, 2.24) is 5.32 Å². The lowest BCUT2D eigenvalue weighted by Gasteiger charge is -2.39. The summed E-state index contributed by atoms with van der Waals surface area (Å²) in [4.78, 5) is 12.2. The largest absolute Gasteiger partial charge is 0.496 e. The highest BCUT2D eigenvalue weighted by molar-refractivity contribution is 5.97. The van der Waals surface area contributed by atoms with E-state index in [4.69, 9.17) is 9.47 Å². The maximum absolute atomic E-state index is 13.2. The van der Waals surface area contributed by atoms with Gasteiger partial charge in [0.2, 0.25) is 0 Å². The van der Waals surface area contributed by atoms with Crippen LogP contribution in [0.15, 0.2) is 18.2 Å². The maximum Gasteiger partial charge on any atom is 0.255 e. The van der Waals surface area contributed by atoms with Crippen molar-refractivity contribution >= 4 is 5.91 Å². The van der Waals surface area contributed by atoms with Crippen LogP contribution in [0.5, 0.6) is 5.75 Å². The molecule has 1 aromatic rings. The molecular weight excluding hydrogens is 249 g/mol. The summed E-state index contributed by atoms with van der Waals surface area (Å²) in [6.07, 6.45) is 2.11. The zero-order valence-electron chi connectivity index (χ0n) is 10.7. The molecule has 4 nitrogen and oxygen atoms in total. The van der Waals surface area contributed by atoms with Crippen LogP contribution in [0.4, 0.5) is 4.39 Å². The van der Waals surface area contributed by atoms with Gasteiger partial charge in [0.05, 0.1) is 18.8 Å². The van der Waals surface area contributed by atoms with Crippen LogP contribution in [0.3, 0.4) is 0 Å². The monoisotopic (exact) mass is 265 g/mol. The van der Waals surface area contributed by atoms with Crippen LogP contribution >= 0.6 is 0 Å². The van der Waals surface area contributed by atoms with Crippen molar-refractivity contribution in [2.45, 2.75) is 25.0 Å². The molecule has 1 amide bonds. The van der Waals surface area contributed by atoms with Gasteiger partial charge in [0.15, 0.2) is 0 Å². The molecule has 1 aliphatic carbocycles. The molecule has 3 rings (SSSR count). The number of carbonyl (C=O) groups is 1. The number of halogens is 1. The fourth-order valence-electron chi connectivity index (χ4n) is 2.87. The van der Waals surface area contributed by atoms with Gasteiger partial charge in [-0.25, -0.2) is 4.39 Å². The number of hydrogen-bond donors (Lipinski definition) is 1. The first-order chi connectivity index (χ1) is 9.19. The van der Waals surface area contributed by atoms with E-state index in [9.17, 15) is 9.18 Å². The molecule has 1 heterocycles. The van der Waals surface area contributed by atoms with E-state index in [2.05, 4.69) is 5.32 Å². The highest BCUT2D eigenvalue weighted by Crippen LogP contribution is 2.38. The van der Waals surface area contributed by atoms with Crippen molar-refractivity contribution in [2.75, 3.05) is 13.7 Å². The first kappa shape index (κ1) is 12.4. The Morgan fingerprint density at radius 1 is 1.53 bits per heavy atom. The summed E-state index contributed by atoms with van der Waals surface area (Å²) < 4.78 is 23.8. The van der Waals surface area contributed by atoms with E-state index in [1.54, 1.807) is 0 Å². The zero-order valence-corrected chi connectivity index (χ0v) is 10.7. The van der Waals surface area contributed by atoms with Crippen LogP contribution in [0.25, 0.3) is 0 Å². The van der Waals surface area contributed by atoms with E-state index in [1.165, 1.54) is 25.3 Å². The highest BCUT2D eigenvalue weighted by atomic mass is 19.1. The van der Waals surface area contributed by atoms with Gasteiger partial charge in [-0.3, -0.25) is 4.79 Å². The Bertz CT molecular complexity index is 505. The number of benzene rings is 1. The lowest BCUT2D eigenvalue weighted by Crippen LogP contribution is -2.53. The average Bonchev–Trinajstić information content (AvgIpc) is 2.77. The van der Waals surface area contributed by atoms with Crippen LogP contribution in [0.2, 0.25) is 0 Å². The molecule has 0 unspecified atom stereocenters. The van der Waals surface area contributed by atoms with Crippen LogP contribution in [0.1, 0.15) is 23.2 Å². The third-order valence-electron chi connectivity index (χ3n) is 3.99. The van der Waals surface area contributed by atoms with Gasteiger partial charge in [-0.1, -0.05) is 0 Å². The predicted molar refractivity (Wildman–Crippen MR) is 66.7 cm³/mol. The minimum absolute atomic E-state index is 0.132. The molecule has 1 saturated carbocycles. The highest BCUT2D eigenvalue weighted by Gasteiger charge is 2.45. The summed E-state index contributed by atoms with van der Waals surface area (Å²) in [5, 5.41) is 2.94. The maximum atomic E-state index is 13.2. The summed E-state index contributed by atoms with van der Waals surface area (Å²) in [6.45, 7) is 0.769. The smallest absolute Gasteiger partial charge is 0.255 e. The van der Waals surface area contributed by atoms with Crippen molar-refractivity contribution in [1.29, 1.82) is 0 Å². The van der Waals surface area contributed by atoms with Crippen molar-refractivity contribution in [2.24, 2.45) is 5.92 Å². The Kier molecular flexibility index (Phi) is 3.14. The quantitative estimate of drug-likeness (QED) is 0.905. The van der Waals surface area contributed by atoms with Gasteiger partial charge in [-0.2, -0.15) is 0 Å². The fraction of sp³-hybridized carbons (Fsp3) is 0.500. The van der Waals surface area contributed by atoms with E-state index in [1.807, 2.05) is 0 Å². The fourth-order valence-corrected chi connectivity index (χ4v) is 2.87. The Morgan fingerprint density at radius 3 is 3.11 bits per heavy atom. The van der Waals surface area contributed by atoms with Gasteiger partial charge < -0.3 is 14.8 Å². The Balaban J connectivity index is 1.72. The topological polar surface area (TPSA) is 47.6 Å². The molecule has 5 heteroatoms. The van der Waals surface area contributed by atoms with Crippen molar-refractivity contribution in [3.63, 3.8) is 0 Å². The molecule has 0 aromatic heterocycles. The molecule has 2 fully saturated rings. The number of methoxy groups -OCH3 is 1. The molecule has 0 spiro atoms. The Morgan fingerprint density at radius 2 is 2.37 bits per heavy atom. The molecule has 1 aromatic carbocycles. The molecule has 1 aliphatic heterocycles. The SMILES string of the molecule is COc1ccc(F)cc1C(=O)N[C@H]1C[C@@H]2OCC[C@H]12. The lowest BCUT2D eigenvalue weighted by molar-refractivity contribution is 0.00806. The van der Waals surface area contributed by atoms with E-state index < -0.39 is 5.82 Å². The summed E-state index contributed by atoms with van der Waals surface area (Å²) >= 11 is 0. The van der Waals surface area contributed by atoms with E-state index >= 15 is 0 Å². The molecule has 0 bridgehead atoms. The number of ether oxygens (including phenoxy) is 2. The summed E-state index contributed by atoms with van der Waals surface area (Å²) in [7, 11) is 1.47. The first-order valence-electron chi connectivity index (χ1n) is 6.45. The van der Waals surface area contributed by atoms with Gasteiger partial charge in [0.25, 0.3) is 5.91 Å². The minimum Gasteiger partial charge on any atom is -0.496 e. The number of fused-ring (bicyclic) bond motifs is 1. The molecule has 1 N–H and O–H groups in total. The lowest BCUT2D eigenvalue weighted by atomic mass is 9.76. The molecular formula is C14H16FNO3. The molecule has 2 aliphatic rings. The van der Waals surface area contributed by atoms with Crippen LogP contribution in [-0.4, -0.2) is 31.8 Å². The third kappa shape index (κ3) is 2.18. The Hall–Kier alpha value is -1.62. The van der Waals surface area contributed by atoms with Gasteiger partial charge in [-0.05, 0) is 31.0 Å². The second-order valence-electron chi connectivity index (χ2n) is 5.02. The second-order valence-corrected chi connectivity index (χ2v) is 5.02. The molecule has 102 valence electrons. The van der Waals surface area contributed by atoms with Gasteiger partial charge in [0.1, 0.15) is 11.6 Å². The number of amides is 1. The standard InChI is InChI=1S/C14H16FNO3/c1-18-12-3-2-8(15)6-10(12)14(17)16-11-7-13-9(11)4-5-19-13/h2-3,6,9,11,13H,4-5,7H2,1H3,(H,16,17)/t9-,11+,13+/m1/s1. The normalized spacial score (nSPS) is 28.4. The van der Waals surface area contributed by atoms with Crippen LogP contribution in [-0.2, 0) is 4.74 Å². The van der Waals surface area contributed by atoms with E-state index in [0.29, 0.717) is 17.8 Å². The predicted octanol–water partition coefficient (Wildman–Crippen LogP) is 1.74. The Labute approximate surface area is 110 Å². The molecule has 3 atom stereocenters. The summed E-state index contributed by atoms with van der Waals surface area (Å²) in [5.41, 5.74) is 0.241. The number of nitrogens with one attached hydrogen (secondary N) is 1. The van der Waals surface area contributed by atoms with Gasteiger partial charge in [-0.15, -0.1) is 0 Å². The molecule has 0 radical (unpaired) electrons. The average molecular weight is 265 g/mol. The van der Waals surface area contributed by atoms with Crippen molar-refractivity contribution in [3.05, 3.63) is 29.6 Å². The first-order valence-corrected chi connectivity index (χ1v) is 6.45. The van der Waals surface area contributed by atoms with E-state index in [0.717, 1.165) is 19.4 Å². The van der Waals surface area contributed by atoms with E-state index in [-0.39, 0.29) is 17.5 Å². The third-order valence-corrected chi connectivity index (χ3v) is 3.99. The number of rotatable bonds is 3. The van der Waals surface area contributed by atoms with Gasteiger partial charge in [0, 0.05) is 18.6 Å². The van der Waals surface area contributed by atoms with Crippen LogP contribution < -0.4 is 10.1 Å². The summed E-state index contributed by atoms with van der Waals surface area (Å²) in [5.74, 6) is 0.0642. The second kappa shape index (κ2) is 4.81. The number of carbonyl (C=O) groups excluding carboxylic acids is 1. The van der Waals surface area contributed by atoms with Crippen molar-refractivity contribution < 1.29 is 18.7 Å². The van der Waals surface area contributed by atoms with Crippen LogP contribution in [0, 0.1) is 11.7 Å². The van der Waals surface area contributed by atoms with Crippen molar-refractivity contribution in [3.8, 4) is 5.75 Å². The summed E-state index contributed by atoms with van der Waals surface area (Å²) in [6, 6.07) is 4.08. The number of hydrogen-bond acceptors (Lipinski definition) is 3. The zero-order chi connectivity index (χ0) is 13.4. The minimum atomic E-state index is -0.443. The molecule has 1 saturated heterocycles. The molecule has 19 heavy (non-hydrogen) atoms.